The molecule has 0 saturated heterocycles. The fourth-order valence-corrected chi connectivity index (χ4v) is 3.37. The molecule has 5 nitrogen and oxygen atoms in total. The van der Waals surface area contributed by atoms with Crippen molar-refractivity contribution in [2.24, 2.45) is 5.10 Å². The second kappa shape index (κ2) is 11.3. The van der Waals surface area contributed by atoms with Crippen LogP contribution in [0.2, 0.25) is 0 Å². The average molecular weight is 480 g/mol. The number of para-hydroxylation sites is 1. The summed E-state index contributed by atoms with van der Waals surface area (Å²) in [5, 5.41) is 4.10. The van der Waals surface area contributed by atoms with Crippen molar-refractivity contribution in [2.75, 3.05) is 18.0 Å². The Bertz CT molecular complexity index is 1010. The van der Waals surface area contributed by atoms with E-state index in [9.17, 15) is 4.79 Å². The molecule has 0 saturated carbocycles. The van der Waals surface area contributed by atoms with Crippen molar-refractivity contribution in [1.29, 1.82) is 0 Å². The van der Waals surface area contributed by atoms with Crippen molar-refractivity contribution >= 4 is 33.7 Å². The molecule has 0 spiro atoms. The molecule has 0 aliphatic carbocycles. The first-order chi connectivity index (χ1) is 15.1. The van der Waals surface area contributed by atoms with Gasteiger partial charge in [0.05, 0.1) is 11.8 Å². The fraction of sp³-hybridized carbons (Fsp3) is 0.200. The summed E-state index contributed by atoms with van der Waals surface area (Å²) in [6.07, 6.45) is 1.63. The highest BCUT2D eigenvalue weighted by molar-refractivity contribution is 9.10. The molecule has 1 amide bonds. The summed E-state index contributed by atoms with van der Waals surface area (Å²) in [6.45, 7) is 6.57. The number of nitrogens with one attached hydrogen (secondary N) is 1. The van der Waals surface area contributed by atoms with Crippen LogP contribution in [-0.2, 0) is 6.61 Å². The largest absolute Gasteiger partial charge is 0.488 e. The Hall–Kier alpha value is -3.12. The quantitative estimate of drug-likeness (QED) is 0.319. The molecule has 3 aromatic carbocycles. The number of nitrogens with zero attached hydrogens (tertiary/aromatic N) is 2. The maximum Gasteiger partial charge on any atom is 0.275 e. The second-order valence-corrected chi connectivity index (χ2v) is 7.79. The summed E-state index contributed by atoms with van der Waals surface area (Å²) in [5.74, 6) is 0.198. The monoisotopic (exact) mass is 479 g/mol. The summed E-state index contributed by atoms with van der Waals surface area (Å²) in [6, 6.07) is 23.1. The zero-order chi connectivity index (χ0) is 22.1. The third kappa shape index (κ3) is 6.43. The number of hydrogen-bond donors (Lipinski definition) is 1. The molecular weight excluding hydrogens is 454 g/mol. The predicted molar refractivity (Wildman–Crippen MR) is 130 cm³/mol. The van der Waals surface area contributed by atoms with E-state index >= 15 is 0 Å². The minimum Gasteiger partial charge on any atom is -0.488 e. The first-order valence-corrected chi connectivity index (χ1v) is 11.0. The number of carbonyl (C=O) groups is 1. The maximum atomic E-state index is 12.6. The van der Waals surface area contributed by atoms with Gasteiger partial charge in [0.15, 0.2) is 0 Å². The van der Waals surface area contributed by atoms with Crippen LogP contribution in [0.4, 0.5) is 5.69 Å². The van der Waals surface area contributed by atoms with Gasteiger partial charge in [-0.15, -0.1) is 0 Å². The lowest BCUT2D eigenvalue weighted by atomic mass is 10.2. The van der Waals surface area contributed by atoms with Gasteiger partial charge in [-0.25, -0.2) is 5.43 Å². The van der Waals surface area contributed by atoms with Crippen LogP contribution in [0.5, 0.6) is 5.75 Å². The van der Waals surface area contributed by atoms with Crippen molar-refractivity contribution < 1.29 is 9.53 Å². The van der Waals surface area contributed by atoms with Crippen molar-refractivity contribution in [3.8, 4) is 5.75 Å². The van der Waals surface area contributed by atoms with E-state index < -0.39 is 0 Å². The summed E-state index contributed by atoms with van der Waals surface area (Å²) < 4.78 is 6.88. The Morgan fingerprint density at radius 2 is 1.68 bits per heavy atom. The smallest absolute Gasteiger partial charge is 0.275 e. The van der Waals surface area contributed by atoms with Gasteiger partial charge >= 0.3 is 0 Å². The second-order valence-electron chi connectivity index (χ2n) is 6.87. The summed E-state index contributed by atoms with van der Waals surface area (Å²) in [5.41, 5.74) is 6.13. The van der Waals surface area contributed by atoms with E-state index in [1.165, 1.54) is 5.69 Å². The zero-order valence-electron chi connectivity index (χ0n) is 17.7. The SMILES string of the molecule is CCN(CC)c1ccc(C=NNC(=O)c2ccccc2OCc2ccc(Br)cc2)cc1. The van der Waals surface area contributed by atoms with Gasteiger partial charge in [-0.1, -0.05) is 52.3 Å². The van der Waals surface area contributed by atoms with E-state index in [-0.39, 0.29) is 5.91 Å². The molecule has 3 aromatic rings. The molecule has 0 aliphatic heterocycles. The van der Waals surface area contributed by atoms with Gasteiger partial charge in [0.1, 0.15) is 12.4 Å². The number of amides is 1. The molecule has 160 valence electrons. The number of benzene rings is 3. The average Bonchev–Trinajstić information content (AvgIpc) is 2.80. The number of anilines is 1. The van der Waals surface area contributed by atoms with Gasteiger partial charge < -0.3 is 9.64 Å². The normalized spacial score (nSPS) is 10.8. The maximum absolute atomic E-state index is 12.6. The molecule has 0 aliphatic rings. The van der Waals surface area contributed by atoms with Crippen LogP contribution in [0.3, 0.4) is 0 Å². The van der Waals surface area contributed by atoms with Gasteiger partial charge in [0, 0.05) is 23.2 Å². The standard InChI is InChI=1S/C25H26BrN3O2/c1-3-29(4-2)22-15-11-19(12-16-22)17-27-28-25(30)23-7-5-6-8-24(23)31-18-20-9-13-21(26)14-10-20/h5-17H,3-4,18H2,1-2H3,(H,28,30). The molecule has 31 heavy (non-hydrogen) atoms. The van der Waals surface area contributed by atoms with E-state index in [1.807, 2.05) is 42.5 Å². The number of ether oxygens (including phenoxy) is 1. The van der Waals surface area contributed by atoms with Crippen LogP contribution < -0.4 is 15.1 Å². The lowest BCUT2D eigenvalue weighted by molar-refractivity contribution is 0.0950. The van der Waals surface area contributed by atoms with Crippen LogP contribution in [0.15, 0.2) is 82.4 Å². The molecule has 0 radical (unpaired) electrons. The highest BCUT2D eigenvalue weighted by Gasteiger charge is 2.11. The van der Waals surface area contributed by atoms with Crippen LogP contribution in [0, 0.1) is 0 Å². The van der Waals surface area contributed by atoms with E-state index in [0.29, 0.717) is 17.9 Å². The molecule has 3 rings (SSSR count). The topological polar surface area (TPSA) is 53.9 Å². The van der Waals surface area contributed by atoms with Crippen LogP contribution in [-0.4, -0.2) is 25.2 Å². The first-order valence-electron chi connectivity index (χ1n) is 10.3. The van der Waals surface area contributed by atoms with Gasteiger partial charge in [-0.05, 0) is 61.4 Å². The number of hydrogen-bond acceptors (Lipinski definition) is 4. The molecule has 0 unspecified atom stereocenters. The molecule has 6 heteroatoms. The van der Waals surface area contributed by atoms with Gasteiger partial charge in [-0.2, -0.15) is 5.10 Å². The minimum atomic E-state index is -0.317. The highest BCUT2D eigenvalue weighted by Crippen LogP contribution is 2.20. The van der Waals surface area contributed by atoms with Crippen LogP contribution >= 0.6 is 15.9 Å². The molecule has 0 aromatic heterocycles. The summed E-state index contributed by atoms with van der Waals surface area (Å²) in [7, 11) is 0. The predicted octanol–water partition coefficient (Wildman–Crippen LogP) is 5.64. The van der Waals surface area contributed by atoms with Crippen LogP contribution in [0.25, 0.3) is 0 Å². The Morgan fingerprint density at radius 1 is 1.00 bits per heavy atom. The van der Waals surface area contributed by atoms with E-state index in [4.69, 9.17) is 4.74 Å². The van der Waals surface area contributed by atoms with E-state index in [2.05, 4.69) is 57.3 Å². The molecule has 0 bridgehead atoms. The molecule has 0 heterocycles. The lowest BCUT2D eigenvalue weighted by Gasteiger charge is -2.20. The lowest BCUT2D eigenvalue weighted by Crippen LogP contribution is -2.21. The Labute approximate surface area is 191 Å². The number of halogens is 1. The number of hydrazone groups is 1. The van der Waals surface area contributed by atoms with E-state index in [0.717, 1.165) is 28.7 Å². The Kier molecular flexibility index (Phi) is 8.24. The zero-order valence-corrected chi connectivity index (χ0v) is 19.3. The molecule has 0 fully saturated rings. The molecular formula is C25H26BrN3O2. The third-order valence-electron chi connectivity index (χ3n) is 4.84. The number of carbonyl (C=O) groups excluding carboxylic acids is 1. The third-order valence-corrected chi connectivity index (χ3v) is 5.37. The Morgan fingerprint density at radius 3 is 2.35 bits per heavy atom. The minimum absolute atomic E-state index is 0.317. The first kappa shape index (κ1) is 22.6. The van der Waals surface area contributed by atoms with Gasteiger partial charge in [0.25, 0.3) is 5.91 Å². The van der Waals surface area contributed by atoms with Crippen molar-refractivity contribution in [2.45, 2.75) is 20.5 Å². The van der Waals surface area contributed by atoms with E-state index in [1.54, 1.807) is 24.4 Å². The van der Waals surface area contributed by atoms with Crippen molar-refractivity contribution in [1.82, 2.24) is 5.43 Å². The highest BCUT2D eigenvalue weighted by atomic mass is 79.9. The Balaban J connectivity index is 1.61. The molecule has 1 N–H and O–H groups in total. The number of rotatable bonds is 9. The van der Waals surface area contributed by atoms with Crippen molar-refractivity contribution in [3.05, 3.63) is 94.0 Å². The molecule has 0 atom stereocenters. The fourth-order valence-electron chi connectivity index (χ4n) is 3.11. The summed E-state index contributed by atoms with van der Waals surface area (Å²) >= 11 is 3.42. The van der Waals surface area contributed by atoms with Crippen LogP contribution in [0.1, 0.15) is 35.3 Å². The van der Waals surface area contributed by atoms with Crippen molar-refractivity contribution in [3.63, 3.8) is 0 Å². The summed E-state index contributed by atoms with van der Waals surface area (Å²) in [4.78, 5) is 14.9. The van der Waals surface area contributed by atoms with Gasteiger partial charge in [0.2, 0.25) is 0 Å². The van der Waals surface area contributed by atoms with Gasteiger partial charge in [-0.3, -0.25) is 4.79 Å².